The number of rotatable bonds is 3. The number of benzene rings is 1. The van der Waals surface area contributed by atoms with Crippen LogP contribution in [0, 0.1) is 34.4 Å². The average molecular weight is 443 g/mol. The normalized spacial score (nSPS) is 19.5. The van der Waals surface area contributed by atoms with Crippen molar-refractivity contribution < 1.29 is 14.3 Å². The molecule has 2 aliphatic heterocycles. The Balaban J connectivity index is 1.58. The molecule has 10 heteroatoms. The third kappa shape index (κ3) is 3.47. The summed E-state index contributed by atoms with van der Waals surface area (Å²) < 4.78 is 16.2. The number of nitrogens with zero attached hydrogens (tertiary/aromatic N) is 6. The van der Waals surface area contributed by atoms with Gasteiger partial charge in [0.15, 0.2) is 5.82 Å². The lowest BCUT2D eigenvalue weighted by Crippen LogP contribution is -2.43. The maximum Gasteiger partial charge on any atom is 0.255 e. The van der Waals surface area contributed by atoms with Gasteiger partial charge >= 0.3 is 0 Å². The fourth-order valence-corrected chi connectivity index (χ4v) is 4.30. The summed E-state index contributed by atoms with van der Waals surface area (Å²) in [5, 5.41) is 36.1. The lowest BCUT2D eigenvalue weighted by Gasteiger charge is -2.32. The number of hydrogen-bond donors (Lipinski definition) is 2. The van der Waals surface area contributed by atoms with Crippen LogP contribution in [0.1, 0.15) is 28.0 Å². The lowest BCUT2D eigenvalue weighted by molar-refractivity contribution is 0.0965. The standard InChI is InChI=1S/C23H18FN7O2/c24-15-3-1-2-14(10-26)21(15)16-8-18(22-17(28-16)11-27-23(22)33)31-7-5-20(29-31)30-6-4-13(9-25)19(32)12-30/h1-3,5,7-8,13,19,32H,4,6,11-12H2,(H,27,33)/t13-,19+/m1/s1. The lowest BCUT2D eigenvalue weighted by atomic mass is 9.95. The van der Waals surface area contributed by atoms with Crippen molar-refractivity contribution in [2.24, 2.45) is 5.92 Å². The minimum Gasteiger partial charge on any atom is -0.390 e. The molecular weight excluding hydrogens is 425 g/mol. The number of nitriles is 2. The fourth-order valence-electron chi connectivity index (χ4n) is 4.30. The van der Waals surface area contributed by atoms with Gasteiger partial charge < -0.3 is 15.3 Å². The molecule has 2 aliphatic rings. The topological polar surface area (TPSA) is 131 Å². The summed E-state index contributed by atoms with van der Waals surface area (Å²) in [6.07, 6.45) is 1.42. The van der Waals surface area contributed by atoms with Crippen LogP contribution in [-0.4, -0.2) is 45.0 Å². The van der Waals surface area contributed by atoms with Crippen LogP contribution in [0.5, 0.6) is 0 Å². The molecule has 0 saturated carbocycles. The second-order valence-electron chi connectivity index (χ2n) is 7.96. The number of aliphatic hydroxyl groups is 1. The van der Waals surface area contributed by atoms with Crippen molar-refractivity contribution in [2.45, 2.75) is 19.1 Å². The smallest absolute Gasteiger partial charge is 0.255 e. The average Bonchev–Trinajstić information content (AvgIpc) is 3.46. The molecule has 33 heavy (non-hydrogen) atoms. The van der Waals surface area contributed by atoms with Crippen molar-refractivity contribution in [1.82, 2.24) is 20.1 Å². The van der Waals surface area contributed by atoms with Crippen LogP contribution < -0.4 is 10.2 Å². The van der Waals surface area contributed by atoms with Gasteiger partial charge in [-0.3, -0.25) is 4.79 Å². The van der Waals surface area contributed by atoms with Gasteiger partial charge in [0.25, 0.3) is 5.91 Å². The van der Waals surface area contributed by atoms with E-state index in [0.29, 0.717) is 35.7 Å². The molecule has 5 rings (SSSR count). The van der Waals surface area contributed by atoms with E-state index in [2.05, 4.69) is 21.5 Å². The molecule has 9 nitrogen and oxygen atoms in total. The Kier molecular flexibility index (Phi) is 5.00. The minimum atomic E-state index is -0.776. The Hall–Kier alpha value is -4.28. The van der Waals surface area contributed by atoms with Gasteiger partial charge in [-0.1, -0.05) is 6.07 Å². The third-order valence-corrected chi connectivity index (χ3v) is 6.00. The molecule has 1 fully saturated rings. The number of fused-ring (bicyclic) bond motifs is 1. The molecule has 1 amide bonds. The van der Waals surface area contributed by atoms with Crippen LogP contribution in [0.4, 0.5) is 10.2 Å². The Morgan fingerprint density at radius 2 is 2.09 bits per heavy atom. The van der Waals surface area contributed by atoms with Gasteiger partial charge in [0.05, 0.1) is 64.5 Å². The summed E-state index contributed by atoms with van der Waals surface area (Å²) in [5.74, 6) is -0.719. The Morgan fingerprint density at radius 1 is 1.24 bits per heavy atom. The molecule has 2 atom stereocenters. The van der Waals surface area contributed by atoms with Crippen molar-refractivity contribution in [3.8, 4) is 29.1 Å². The van der Waals surface area contributed by atoms with Crippen LogP contribution >= 0.6 is 0 Å². The Labute approximate surface area is 188 Å². The van der Waals surface area contributed by atoms with Crippen LogP contribution in [-0.2, 0) is 6.54 Å². The third-order valence-electron chi connectivity index (χ3n) is 6.00. The van der Waals surface area contributed by atoms with Crippen molar-refractivity contribution in [1.29, 1.82) is 10.5 Å². The first kappa shape index (κ1) is 20.6. The zero-order valence-corrected chi connectivity index (χ0v) is 17.4. The van der Waals surface area contributed by atoms with Gasteiger partial charge in [-0.25, -0.2) is 14.1 Å². The molecular formula is C23H18FN7O2. The number of halogens is 1. The molecule has 0 radical (unpaired) electrons. The summed E-state index contributed by atoms with van der Waals surface area (Å²) >= 11 is 0. The Bertz CT molecular complexity index is 1350. The number of carbonyl (C=O) groups excluding carboxylic acids is 1. The van der Waals surface area contributed by atoms with E-state index in [9.17, 15) is 19.6 Å². The van der Waals surface area contributed by atoms with Gasteiger partial charge in [0.1, 0.15) is 5.82 Å². The summed E-state index contributed by atoms with van der Waals surface area (Å²) in [7, 11) is 0. The summed E-state index contributed by atoms with van der Waals surface area (Å²) in [6.45, 7) is 1.02. The molecule has 1 aromatic carbocycles. The van der Waals surface area contributed by atoms with E-state index in [4.69, 9.17) is 5.26 Å². The summed E-state index contributed by atoms with van der Waals surface area (Å²) in [5.41, 5.74) is 1.64. The molecule has 0 spiro atoms. The van der Waals surface area contributed by atoms with Crippen molar-refractivity contribution >= 4 is 11.7 Å². The molecule has 2 N–H and O–H groups in total. The first-order chi connectivity index (χ1) is 16.0. The largest absolute Gasteiger partial charge is 0.390 e. The SMILES string of the molecule is N#Cc1cccc(F)c1-c1cc(-n2ccc(N3CC[C@H](C#N)[C@@H](O)C3)n2)c2c(n1)CNC2=O. The van der Waals surface area contributed by atoms with E-state index in [1.807, 2.05) is 11.0 Å². The minimum absolute atomic E-state index is 0.0671. The van der Waals surface area contributed by atoms with E-state index in [1.54, 1.807) is 18.3 Å². The zero-order chi connectivity index (χ0) is 23.1. The number of aliphatic hydroxyl groups excluding tert-OH is 1. The number of aromatic nitrogens is 3. The van der Waals surface area contributed by atoms with Crippen LogP contribution in [0.25, 0.3) is 16.9 Å². The fraction of sp³-hybridized carbons (Fsp3) is 0.261. The van der Waals surface area contributed by atoms with E-state index in [-0.39, 0.29) is 35.8 Å². The van der Waals surface area contributed by atoms with Gasteiger partial charge in [-0.2, -0.15) is 15.6 Å². The van der Waals surface area contributed by atoms with E-state index in [1.165, 1.54) is 22.9 Å². The predicted octanol–water partition coefficient (Wildman–Crippen LogP) is 1.90. The number of hydrogen-bond acceptors (Lipinski definition) is 7. The van der Waals surface area contributed by atoms with Crippen LogP contribution in [0.15, 0.2) is 36.5 Å². The molecule has 3 aromatic rings. The van der Waals surface area contributed by atoms with Crippen molar-refractivity contribution in [3.63, 3.8) is 0 Å². The predicted molar refractivity (Wildman–Crippen MR) is 115 cm³/mol. The van der Waals surface area contributed by atoms with Gasteiger partial charge in [-0.15, -0.1) is 0 Å². The highest BCUT2D eigenvalue weighted by Crippen LogP contribution is 2.32. The number of nitrogens with one attached hydrogen (secondary N) is 1. The summed E-state index contributed by atoms with van der Waals surface area (Å²) in [6, 6.07) is 11.6. The molecule has 1 saturated heterocycles. The molecule has 2 aromatic heterocycles. The maximum atomic E-state index is 14.7. The van der Waals surface area contributed by atoms with Gasteiger partial charge in [-0.05, 0) is 24.6 Å². The number of β-amino-alcohol motifs (C(OH)–C–C–N with tert-alkyl or cyclic N) is 1. The van der Waals surface area contributed by atoms with E-state index < -0.39 is 17.8 Å². The van der Waals surface area contributed by atoms with Crippen LogP contribution in [0.3, 0.4) is 0 Å². The first-order valence-corrected chi connectivity index (χ1v) is 10.4. The first-order valence-electron chi connectivity index (χ1n) is 10.4. The second kappa shape index (κ2) is 8.01. The highest BCUT2D eigenvalue weighted by molar-refractivity contribution is 6.01. The highest BCUT2D eigenvalue weighted by Gasteiger charge is 2.30. The number of carbonyl (C=O) groups is 1. The van der Waals surface area contributed by atoms with Gasteiger partial charge in [0.2, 0.25) is 0 Å². The molecule has 4 heterocycles. The monoisotopic (exact) mass is 443 g/mol. The maximum absolute atomic E-state index is 14.7. The number of pyridine rings is 1. The second-order valence-corrected chi connectivity index (χ2v) is 7.96. The van der Waals surface area contributed by atoms with Crippen LogP contribution in [0.2, 0.25) is 0 Å². The van der Waals surface area contributed by atoms with Crippen molar-refractivity contribution in [3.05, 3.63) is 59.2 Å². The molecule has 0 aliphatic carbocycles. The summed E-state index contributed by atoms with van der Waals surface area (Å²) in [4.78, 5) is 18.9. The van der Waals surface area contributed by atoms with Gasteiger partial charge in [0, 0.05) is 25.4 Å². The molecule has 0 unspecified atom stereocenters. The molecule has 164 valence electrons. The highest BCUT2D eigenvalue weighted by atomic mass is 19.1. The number of amides is 1. The van der Waals surface area contributed by atoms with E-state index >= 15 is 0 Å². The van der Waals surface area contributed by atoms with E-state index in [0.717, 1.165) is 0 Å². The number of piperidine rings is 1. The molecule has 0 bridgehead atoms. The van der Waals surface area contributed by atoms with Crippen molar-refractivity contribution in [2.75, 3.05) is 18.0 Å². The Morgan fingerprint density at radius 3 is 2.85 bits per heavy atom. The zero-order valence-electron chi connectivity index (χ0n) is 17.4. The number of anilines is 1. The quantitative estimate of drug-likeness (QED) is 0.632.